The van der Waals surface area contributed by atoms with Crippen molar-refractivity contribution in [2.45, 2.75) is 38.2 Å². The van der Waals surface area contributed by atoms with Crippen molar-refractivity contribution in [3.8, 4) is 0 Å². The van der Waals surface area contributed by atoms with Crippen LogP contribution in [0.15, 0.2) is 0 Å². The molecule has 0 spiro atoms. The summed E-state index contributed by atoms with van der Waals surface area (Å²) in [5, 5.41) is 1.09. The molecule has 0 aromatic carbocycles. The molecule has 1 nitrogen and oxygen atoms in total. The molecule has 0 fully saturated rings. The van der Waals surface area contributed by atoms with E-state index < -0.39 is 6.55 Å². The minimum absolute atomic E-state index is 0.544. The second-order valence-electron chi connectivity index (χ2n) is 2.55. The summed E-state index contributed by atoms with van der Waals surface area (Å²) in [4.78, 5) is 9.38. The quantitative estimate of drug-likeness (QED) is 0.698. The Bertz CT molecular complexity index is 77.8. The van der Waals surface area contributed by atoms with E-state index in [1.165, 1.54) is 0 Å². The van der Waals surface area contributed by atoms with Gasteiger partial charge in [-0.15, -0.1) is 0 Å². The maximum Gasteiger partial charge on any atom is 0.149 e. The summed E-state index contributed by atoms with van der Waals surface area (Å²) >= 11 is 3.33. The van der Waals surface area contributed by atoms with Gasteiger partial charge in [-0.3, -0.25) is 0 Å². The molecule has 0 aliphatic carbocycles. The molecule has 0 saturated heterocycles. The van der Waals surface area contributed by atoms with E-state index in [0.29, 0.717) is 10.5 Å². The monoisotopic (exact) mass is 198 g/mol. The van der Waals surface area contributed by atoms with E-state index in [1.807, 2.05) is 0 Å². The van der Waals surface area contributed by atoms with Crippen LogP contribution < -0.4 is 0 Å². The fourth-order valence-electron chi connectivity index (χ4n) is 0.386. The highest BCUT2D eigenvalue weighted by atomic mass is 33.1. The average molecular weight is 198 g/mol. The van der Waals surface area contributed by atoms with Crippen LogP contribution in [0.25, 0.3) is 0 Å². The number of hydrogen-bond acceptors (Lipinski definition) is 3. The SMILES string of the molecule is CC(C)SP(O)SC(C)C. The molecule has 4 heteroatoms. The van der Waals surface area contributed by atoms with Crippen molar-refractivity contribution in [2.75, 3.05) is 0 Å². The van der Waals surface area contributed by atoms with Gasteiger partial charge in [-0.2, -0.15) is 0 Å². The van der Waals surface area contributed by atoms with Crippen molar-refractivity contribution < 1.29 is 4.89 Å². The maximum absolute atomic E-state index is 9.38. The third-order valence-corrected chi connectivity index (χ3v) is 6.97. The Morgan fingerprint density at radius 2 is 1.30 bits per heavy atom. The highest BCUT2D eigenvalue weighted by molar-refractivity contribution is 8.86. The first-order chi connectivity index (χ1) is 4.52. The first-order valence-corrected chi connectivity index (χ1v) is 7.61. The molecule has 0 saturated carbocycles. The second-order valence-corrected chi connectivity index (χ2v) is 9.36. The normalized spacial score (nSPS) is 12.0. The van der Waals surface area contributed by atoms with Gasteiger partial charge < -0.3 is 4.89 Å². The van der Waals surface area contributed by atoms with Crippen LogP contribution in [0.1, 0.15) is 27.7 Å². The maximum atomic E-state index is 9.38. The number of hydrogen-bond donors (Lipinski definition) is 1. The molecule has 0 rings (SSSR count). The Morgan fingerprint density at radius 1 is 1.00 bits per heavy atom. The molecule has 0 amide bonds. The zero-order valence-electron chi connectivity index (χ0n) is 6.87. The van der Waals surface area contributed by atoms with E-state index in [2.05, 4.69) is 27.7 Å². The first kappa shape index (κ1) is 11.1. The Kier molecular flexibility index (Phi) is 6.33. The van der Waals surface area contributed by atoms with Crippen LogP contribution in [-0.4, -0.2) is 15.4 Å². The van der Waals surface area contributed by atoms with Gasteiger partial charge in [0.2, 0.25) is 0 Å². The van der Waals surface area contributed by atoms with Gasteiger partial charge >= 0.3 is 0 Å². The van der Waals surface area contributed by atoms with E-state index in [9.17, 15) is 4.89 Å². The van der Waals surface area contributed by atoms with Crippen molar-refractivity contribution in [1.29, 1.82) is 0 Å². The van der Waals surface area contributed by atoms with E-state index in [-0.39, 0.29) is 0 Å². The van der Waals surface area contributed by atoms with Crippen LogP contribution in [0.3, 0.4) is 0 Å². The Labute approximate surface area is 72.7 Å². The lowest BCUT2D eigenvalue weighted by Crippen LogP contribution is -1.85. The Morgan fingerprint density at radius 3 is 1.50 bits per heavy atom. The standard InChI is InChI=1S/C6H15OPS2/c1-5(2)9-8(7)10-6(3)4/h5-7H,1-4H3. The lowest BCUT2D eigenvalue weighted by molar-refractivity contribution is 0.655. The highest BCUT2D eigenvalue weighted by Gasteiger charge is 2.09. The van der Waals surface area contributed by atoms with E-state index in [0.717, 1.165) is 0 Å². The third-order valence-electron chi connectivity index (χ3n) is 0.602. The smallest absolute Gasteiger partial charge is 0.149 e. The molecule has 0 radical (unpaired) electrons. The van der Waals surface area contributed by atoms with Gasteiger partial charge in [0.15, 0.2) is 0 Å². The first-order valence-electron chi connectivity index (χ1n) is 3.35. The molecule has 0 aliphatic heterocycles. The molecule has 0 aliphatic rings. The minimum Gasteiger partial charge on any atom is -0.355 e. The topological polar surface area (TPSA) is 20.2 Å². The van der Waals surface area contributed by atoms with Crippen molar-refractivity contribution in [2.24, 2.45) is 0 Å². The summed E-state index contributed by atoms with van der Waals surface area (Å²) in [5.41, 5.74) is 0. The summed E-state index contributed by atoms with van der Waals surface area (Å²) in [5.74, 6) is 0. The van der Waals surface area contributed by atoms with Crippen LogP contribution in [0.5, 0.6) is 0 Å². The molecule has 10 heavy (non-hydrogen) atoms. The molecule has 0 bridgehead atoms. The highest BCUT2D eigenvalue weighted by Crippen LogP contribution is 2.60. The summed E-state index contributed by atoms with van der Waals surface area (Å²) < 4.78 is 0. The Balaban J connectivity index is 3.34. The zero-order chi connectivity index (χ0) is 8.15. The van der Waals surface area contributed by atoms with Gasteiger partial charge in [-0.25, -0.2) is 0 Å². The van der Waals surface area contributed by atoms with Crippen molar-refractivity contribution in [1.82, 2.24) is 0 Å². The predicted octanol–water partition coefficient (Wildman–Crippen LogP) is 3.49. The van der Waals surface area contributed by atoms with Gasteiger partial charge in [0.05, 0.1) is 0 Å². The van der Waals surface area contributed by atoms with Crippen LogP contribution in [0.2, 0.25) is 0 Å². The number of rotatable bonds is 4. The van der Waals surface area contributed by atoms with E-state index in [1.54, 1.807) is 22.8 Å². The zero-order valence-corrected chi connectivity index (χ0v) is 9.39. The van der Waals surface area contributed by atoms with Gasteiger partial charge in [0.25, 0.3) is 0 Å². The third kappa shape index (κ3) is 7.20. The Hall–Kier alpha value is 1.09. The summed E-state index contributed by atoms with van der Waals surface area (Å²) in [6, 6.07) is 0. The van der Waals surface area contributed by atoms with Gasteiger partial charge in [0.1, 0.15) is 6.55 Å². The molecule has 0 aromatic heterocycles. The van der Waals surface area contributed by atoms with Crippen LogP contribution >= 0.6 is 29.3 Å². The summed E-state index contributed by atoms with van der Waals surface area (Å²) in [7, 11) is 0. The molecule has 0 aromatic rings. The van der Waals surface area contributed by atoms with Crippen LogP contribution in [-0.2, 0) is 0 Å². The molecule has 1 N–H and O–H groups in total. The predicted molar refractivity (Wildman–Crippen MR) is 54.6 cm³/mol. The van der Waals surface area contributed by atoms with E-state index in [4.69, 9.17) is 0 Å². The van der Waals surface area contributed by atoms with E-state index >= 15 is 0 Å². The van der Waals surface area contributed by atoms with Gasteiger partial charge in [0, 0.05) is 10.5 Å². The van der Waals surface area contributed by atoms with Gasteiger partial charge in [-0.05, 0) is 0 Å². The fraction of sp³-hybridized carbons (Fsp3) is 1.00. The van der Waals surface area contributed by atoms with Gasteiger partial charge in [-0.1, -0.05) is 50.5 Å². The molecule has 0 unspecified atom stereocenters. The van der Waals surface area contributed by atoms with Crippen molar-refractivity contribution >= 4 is 29.3 Å². The second kappa shape index (κ2) is 5.70. The minimum atomic E-state index is -0.826. The molecular formula is C6H15OPS2. The summed E-state index contributed by atoms with van der Waals surface area (Å²) in [6.07, 6.45) is 0. The fourth-order valence-corrected chi connectivity index (χ4v) is 7.02. The molecule has 0 atom stereocenters. The van der Waals surface area contributed by atoms with Crippen molar-refractivity contribution in [3.63, 3.8) is 0 Å². The molecule has 62 valence electrons. The lowest BCUT2D eigenvalue weighted by atomic mass is 10.6. The lowest BCUT2D eigenvalue weighted by Gasteiger charge is -2.12. The largest absolute Gasteiger partial charge is 0.355 e. The van der Waals surface area contributed by atoms with Crippen molar-refractivity contribution in [3.05, 3.63) is 0 Å². The van der Waals surface area contributed by atoms with Crippen LogP contribution in [0.4, 0.5) is 0 Å². The molecular weight excluding hydrogens is 183 g/mol. The summed E-state index contributed by atoms with van der Waals surface area (Å²) in [6.45, 7) is 7.61. The molecule has 0 heterocycles. The van der Waals surface area contributed by atoms with Crippen LogP contribution in [0, 0.1) is 0 Å². The average Bonchev–Trinajstić information content (AvgIpc) is 1.58.